The fourth-order valence-electron chi connectivity index (χ4n) is 1.16. The normalized spacial score (nSPS) is 10.6. The maximum atomic E-state index is 13.2. The molecule has 0 saturated carbocycles. The van der Waals surface area contributed by atoms with E-state index < -0.39 is 5.82 Å². The molecule has 2 aromatic rings. The average molecular weight is 246 g/mol. The third-order valence-electron chi connectivity index (χ3n) is 1.91. The number of nitrogens with two attached hydrogens (primary N) is 1. The van der Waals surface area contributed by atoms with Crippen LogP contribution in [0.5, 0.6) is 0 Å². The van der Waals surface area contributed by atoms with Gasteiger partial charge in [-0.25, -0.2) is 9.07 Å². The molecule has 1 heterocycles. The zero-order valence-electron chi connectivity index (χ0n) is 7.42. The topological polar surface area (TPSA) is 43.8 Å². The summed E-state index contributed by atoms with van der Waals surface area (Å²) in [6.45, 7) is 0. The van der Waals surface area contributed by atoms with Gasteiger partial charge in [0.25, 0.3) is 0 Å². The van der Waals surface area contributed by atoms with Crippen molar-refractivity contribution in [2.24, 2.45) is 0 Å². The molecule has 0 radical (unpaired) electrons. The van der Waals surface area contributed by atoms with E-state index in [9.17, 15) is 4.39 Å². The molecular formula is C9H6Cl2FN3. The van der Waals surface area contributed by atoms with Crippen LogP contribution in [0, 0.1) is 5.82 Å². The van der Waals surface area contributed by atoms with Crippen molar-refractivity contribution in [3.8, 4) is 5.69 Å². The van der Waals surface area contributed by atoms with Crippen LogP contribution in [-0.4, -0.2) is 9.78 Å². The van der Waals surface area contributed by atoms with E-state index in [0.717, 1.165) is 0 Å². The summed E-state index contributed by atoms with van der Waals surface area (Å²) >= 11 is 11.3. The van der Waals surface area contributed by atoms with Crippen LogP contribution in [0.1, 0.15) is 0 Å². The number of nitrogen functional groups attached to an aromatic ring is 1. The Morgan fingerprint density at radius 3 is 2.53 bits per heavy atom. The summed E-state index contributed by atoms with van der Waals surface area (Å²) in [4.78, 5) is 0. The molecule has 0 spiro atoms. The van der Waals surface area contributed by atoms with Gasteiger partial charge in [0.1, 0.15) is 16.7 Å². The molecule has 0 aliphatic carbocycles. The first-order chi connectivity index (χ1) is 7.09. The summed E-state index contributed by atoms with van der Waals surface area (Å²) in [5.41, 5.74) is 6.11. The Balaban J connectivity index is 2.55. The third kappa shape index (κ3) is 1.78. The summed E-state index contributed by atoms with van der Waals surface area (Å²) in [6.07, 6.45) is 1.39. The van der Waals surface area contributed by atoms with Crippen molar-refractivity contribution in [3.63, 3.8) is 0 Å². The zero-order chi connectivity index (χ0) is 11.0. The molecule has 3 nitrogen and oxygen atoms in total. The Morgan fingerprint density at radius 1 is 1.27 bits per heavy atom. The van der Waals surface area contributed by atoms with E-state index in [4.69, 9.17) is 28.9 Å². The van der Waals surface area contributed by atoms with Gasteiger partial charge in [0.2, 0.25) is 0 Å². The molecule has 0 fully saturated rings. The minimum Gasteiger partial charge on any atom is -0.382 e. The van der Waals surface area contributed by atoms with Crippen LogP contribution in [-0.2, 0) is 0 Å². The van der Waals surface area contributed by atoms with E-state index >= 15 is 0 Å². The summed E-state index contributed by atoms with van der Waals surface area (Å²) in [7, 11) is 0. The van der Waals surface area contributed by atoms with Crippen molar-refractivity contribution in [3.05, 3.63) is 40.3 Å². The highest BCUT2D eigenvalue weighted by atomic mass is 35.5. The fourth-order valence-corrected chi connectivity index (χ4v) is 1.40. The Kier molecular flexibility index (Phi) is 2.54. The fraction of sp³-hybridized carbons (Fsp3) is 0. The first-order valence-electron chi connectivity index (χ1n) is 4.04. The van der Waals surface area contributed by atoms with Gasteiger partial charge < -0.3 is 5.73 Å². The molecule has 0 bridgehead atoms. The predicted molar refractivity (Wildman–Crippen MR) is 58.0 cm³/mol. The van der Waals surface area contributed by atoms with Crippen molar-refractivity contribution in [1.29, 1.82) is 0 Å². The van der Waals surface area contributed by atoms with Crippen molar-refractivity contribution in [2.45, 2.75) is 0 Å². The Morgan fingerprint density at radius 2 is 2.00 bits per heavy atom. The molecule has 0 aliphatic rings. The van der Waals surface area contributed by atoms with E-state index in [-0.39, 0.29) is 10.8 Å². The Hall–Kier alpha value is -1.26. The minimum absolute atomic E-state index is 0.0515. The molecule has 15 heavy (non-hydrogen) atoms. The molecule has 0 amide bonds. The van der Waals surface area contributed by atoms with Crippen LogP contribution in [0.4, 0.5) is 10.2 Å². The van der Waals surface area contributed by atoms with Gasteiger partial charge in [0, 0.05) is 6.07 Å². The van der Waals surface area contributed by atoms with Crippen molar-refractivity contribution in [2.75, 3.05) is 5.73 Å². The number of nitrogens with zero attached hydrogens (tertiary/aromatic N) is 2. The van der Waals surface area contributed by atoms with Crippen LogP contribution in [0.2, 0.25) is 10.0 Å². The molecule has 0 atom stereocenters. The second kappa shape index (κ2) is 3.72. The maximum absolute atomic E-state index is 13.2. The third-order valence-corrected chi connectivity index (χ3v) is 2.50. The van der Waals surface area contributed by atoms with Gasteiger partial charge >= 0.3 is 0 Å². The first kappa shape index (κ1) is 10.3. The van der Waals surface area contributed by atoms with Gasteiger partial charge in [0.05, 0.1) is 16.9 Å². The standard InChI is InChI=1S/C9H6Cl2FN3/c10-6-2-1-5(3-8(6)12)15-9(13)7(11)4-14-15/h1-4H,13H2. The first-order valence-corrected chi connectivity index (χ1v) is 4.79. The van der Waals surface area contributed by atoms with E-state index in [1.165, 1.54) is 23.0 Å². The lowest BCUT2D eigenvalue weighted by molar-refractivity contribution is 0.626. The number of hydrogen-bond acceptors (Lipinski definition) is 2. The molecule has 1 aromatic carbocycles. The van der Waals surface area contributed by atoms with Gasteiger partial charge in [-0.1, -0.05) is 23.2 Å². The Bertz CT molecular complexity index is 510. The van der Waals surface area contributed by atoms with E-state index in [1.807, 2.05) is 0 Å². The molecule has 0 unspecified atom stereocenters. The minimum atomic E-state index is -0.528. The molecule has 78 valence electrons. The lowest BCUT2D eigenvalue weighted by Gasteiger charge is -2.04. The second-order valence-electron chi connectivity index (χ2n) is 2.89. The number of aromatic nitrogens is 2. The van der Waals surface area contributed by atoms with Gasteiger partial charge in [-0.2, -0.15) is 5.10 Å². The summed E-state index contributed by atoms with van der Waals surface area (Å²) < 4.78 is 14.5. The summed E-state index contributed by atoms with van der Waals surface area (Å²) in [5, 5.41) is 4.28. The van der Waals surface area contributed by atoms with Gasteiger partial charge in [-0.15, -0.1) is 0 Å². The molecule has 2 rings (SSSR count). The van der Waals surface area contributed by atoms with E-state index in [2.05, 4.69) is 5.10 Å². The van der Waals surface area contributed by atoms with E-state index in [1.54, 1.807) is 6.07 Å². The average Bonchev–Trinajstić information content (AvgIpc) is 2.53. The lowest BCUT2D eigenvalue weighted by atomic mass is 10.3. The number of rotatable bonds is 1. The highest BCUT2D eigenvalue weighted by Crippen LogP contribution is 2.23. The number of benzene rings is 1. The molecular weight excluding hydrogens is 240 g/mol. The zero-order valence-corrected chi connectivity index (χ0v) is 8.93. The quantitative estimate of drug-likeness (QED) is 0.840. The van der Waals surface area contributed by atoms with Crippen LogP contribution in [0.3, 0.4) is 0 Å². The maximum Gasteiger partial charge on any atom is 0.146 e. The lowest BCUT2D eigenvalue weighted by Crippen LogP contribution is -2.02. The van der Waals surface area contributed by atoms with Crippen molar-refractivity contribution < 1.29 is 4.39 Å². The van der Waals surface area contributed by atoms with Gasteiger partial charge in [0.15, 0.2) is 0 Å². The van der Waals surface area contributed by atoms with Gasteiger partial charge in [-0.05, 0) is 12.1 Å². The van der Waals surface area contributed by atoms with Crippen LogP contribution >= 0.6 is 23.2 Å². The van der Waals surface area contributed by atoms with Gasteiger partial charge in [-0.3, -0.25) is 0 Å². The smallest absolute Gasteiger partial charge is 0.146 e. The Labute approximate surface area is 95.2 Å². The molecule has 6 heteroatoms. The SMILES string of the molecule is Nc1c(Cl)cnn1-c1ccc(Cl)c(F)c1. The molecule has 1 aromatic heterocycles. The largest absolute Gasteiger partial charge is 0.382 e. The van der Waals surface area contributed by atoms with Crippen molar-refractivity contribution >= 4 is 29.0 Å². The molecule has 2 N–H and O–H groups in total. The monoisotopic (exact) mass is 245 g/mol. The van der Waals surface area contributed by atoms with Crippen LogP contribution < -0.4 is 5.73 Å². The molecule has 0 aliphatic heterocycles. The van der Waals surface area contributed by atoms with Crippen LogP contribution in [0.25, 0.3) is 5.69 Å². The number of hydrogen-bond donors (Lipinski definition) is 1. The van der Waals surface area contributed by atoms with E-state index in [0.29, 0.717) is 10.7 Å². The van der Waals surface area contributed by atoms with Crippen LogP contribution in [0.15, 0.2) is 24.4 Å². The predicted octanol–water partition coefficient (Wildman–Crippen LogP) is 2.90. The summed E-state index contributed by atoms with van der Waals surface area (Å²) in [6, 6.07) is 4.27. The highest BCUT2D eigenvalue weighted by molar-refractivity contribution is 6.32. The second-order valence-corrected chi connectivity index (χ2v) is 3.70. The highest BCUT2D eigenvalue weighted by Gasteiger charge is 2.08. The van der Waals surface area contributed by atoms with Crippen molar-refractivity contribution in [1.82, 2.24) is 9.78 Å². The number of anilines is 1. The summed E-state index contributed by atoms with van der Waals surface area (Å²) in [5.74, 6) is -0.265. The number of halogens is 3. The molecule has 0 saturated heterocycles.